The first-order chi connectivity index (χ1) is 13.8. The molecular formula is C10F21NO. The van der Waals surface area contributed by atoms with Gasteiger partial charge in [0.1, 0.15) is 0 Å². The third kappa shape index (κ3) is 3.38. The quantitative estimate of drug-likeness (QED) is 0.217. The standard InChI is InChI=1S/C10F21NO/c11-1(6(20,21)22,2(12,13)7(23,24)25)10(31)32(33-10)9(29,30)5(18,19)3(14,15)4(16,17)8(26,27)28/t1?,10-,32?/m0/s1. The summed E-state index contributed by atoms with van der Waals surface area (Å²) in [4.78, 5) is 2.02. The fourth-order valence-electron chi connectivity index (χ4n) is 1.97. The van der Waals surface area contributed by atoms with Crippen LogP contribution in [-0.4, -0.2) is 65.0 Å². The zero-order valence-electron chi connectivity index (χ0n) is 13.8. The molecule has 0 spiro atoms. The van der Waals surface area contributed by atoms with Crippen molar-refractivity contribution in [1.29, 1.82) is 0 Å². The summed E-state index contributed by atoms with van der Waals surface area (Å²) >= 11 is 0. The topological polar surface area (TPSA) is 15.5 Å². The van der Waals surface area contributed by atoms with Gasteiger partial charge in [-0.1, -0.05) is 0 Å². The first-order valence-electron chi connectivity index (χ1n) is 6.80. The molecule has 0 N–H and O–H groups in total. The smallest absolute Gasteiger partial charge is 0.227 e. The number of nitrogens with zero attached hydrogens (tertiary/aromatic N) is 1. The van der Waals surface area contributed by atoms with E-state index in [2.05, 4.69) is 0 Å². The maximum atomic E-state index is 13.8. The lowest BCUT2D eigenvalue weighted by Crippen LogP contribution is -2.72. The Hall–Kier alpha value is -1.55. The molecule has 33 heavy (non-hydrogen) atoms. The molecule has 0 bridgehead atoms. The van der Waals surface area contributed by atoms with Crippen LogP contribution in [0.1, 0.15) is 0 Å². The van der Waals surface area contributed by atoms with Crippen LogP contribution in [0.5, 0.6) is 0 Å². The second-order valence-electron chi connectivity index (χ2n) is 5.94. The van der Waals surface area contributed by atoms with Gasteiger partial charge in [-0.25, -0.2) is 9.23 Å². The minimum atomic E-state index is -8.47. The molecule has 2 nitrogen and oxygen atoms in total. The second-order valence-corrected chi connectivity index (χ2v) is 5.94. The maximum absolute atomic E-state index is 13.8. The zero-order valence-corrected chi connectivity index (χ0v) is 13.8. The van der Waals surface area contributed by atoms with Crippen molar-refractivity contribution in [3.63, 3.8) is 0 Å². The van der Waals surface area contributed by atoms with Gasteiger partial charge in [-0.15, -0.1) is 0 Å². The van der Waals surface area contributed by atoms with Crippen molar-refractivity contribution in [3.8, 4) is 0 Å². The predicted octanol–water partition coefficient (Wildman–Crippen LogP) is 6.39. The van der Waals surface area contributed by atoms with Crippen LogP contribution < -0.4 is 0 Å². The number of rotatable bonds is 6. The van der Waals surface area contributed by atoms with Crippen molar-refractivity contribution < 1.29 is 97.0 Å². The third-order valence-electron chi connectivity index (χ3n) is 3.82. The molecule has 0 saturated carbocycles. The van der Waals surface area contributed by atoms with E-state index in [1.165, 1.54) is 0 Å². The molecular weight excluding hydrogens is 549 g/mol. The van der Waals surface area contributed by atoms with Crippen molar-refractivity contribution in [3.05, 3.63) is 0 Å². The summed E-state index contributed by atoms with van der Waals surface area (Å²) in [5, 5.41) is -3.62. The van der Waals surface area contributed by atoms with Crippen LogP contribution in [-0.2, 0) is 4.84 Å². The molecule has 3 atom stereocenters. The fraction of sp³-hybridized carbons (Fsp3) is 1.00. The molecule has 0 aromatic rings. The molecule has 0 amide bonds. The predicted molar refractivity (Wildman–Crippen MR) is 53.5 cm³/mol. The van der Waals surface area contributed by atoms with Crippen LogP contribution in [0, 0.1) is 0 Å². The van der Waals surface area contributed by atoms with Gasteiger partial charge in [0.2, 0.25) is 0 Å². The largest absolute Gasteiger partial charge is 0.460 e. The average molecular weight is 549 g/mol. The zero-order chi connectivity index (χ0) is 27.3. The van der Waals surface area contributed by atoms with E-state index in [0.717, 1.165) is 0 Å². The number of alkyl halides is 21. The summed E-state index contributed by atoms with van der Waals surface area (Å²) in [6.07, 6.45) is -23.8. The Labute approximate surface area is 163 Å². The highest BCUT2D eigenvalue weighted by Gasteiger charge is 3.01. The van der Waals surface area contributed by atoms with Crippen LogP contribution in [0.4, 0.5) is 92.2 Å². The van der Waals surface area contributed by atoms with Crippen molar-refractivity contribution in [1.82, 2.24) is 5.06 Å². The Bertz CT molecular complexity index is 760. The van der Waals surface area contributed by atoms with Crippen LogP contribution >= 0.6 is 0 Å². The molecule has 0 aliphatic carbocycles. The van der Waals surface area contributed by atoms with Crippen LogP contribution in [0.15, 0.2) is 0 Å². The van der Waals surface area contributed by atoms with E-state index < -0.39 is 65.0 Å². The lowest BCUT2D eigenvalue weighted by atomic mass is 9.92. The van der Waals surface area contributed by atoms with Gasteiger partial charge in [0, 0.05) is 0 Å². The maximum Gasteiger partial charge on any atom is 0.460 e. The van der Waals surface area contributed by atoms with Gasteiger partial charge in [-0.05, 0) is 5.06 Å². The molecule has 2 unspecified atom stereocenters. The van der Waals surface area contributed by atoms with Gasteiger partial charge < -0.3 is 0 Å². The first kappa shape index (κ1) is 29.5. The lowest BCUT2D eigenvalue weighted by molar-refractivity contribution is -0.442. The molecule has 1 rings (SSSR count). The van der Waals surface area contributed by atoms with Crippen LogP contribution in [0.25, 0.3) is 0 Å². The minimum absolute atomic E-state index is 2.02. The Balaban J connectivity index is 3.71. The fourth-order valence-corrected chi connectivity index (χ4v) is 1.97. The minimum Gasteiger partial charge on any atom is -0.227 e. The van der Waals surface area contributed by atoms with E-state index in [-0.39, 0.29) is 0 Å². The summed E-state index contributed by atoms with van der Waals surface area (Å²) in [5.74, 6) is -40.6. The Kier molecular flexibility index (Phi) is 6.05. The van der Waals surface area contributed by atoms with Crippen molar-refractivity contribution in [2.45, 2.75) is 59.9 Å². The molecule has 198 valence electrons. The summed E-state index contributed by atoms with van der Waals surface area (Å²) in [7, 11) is 0. The van der Waals surface area contributed by atoms with Gasteiger partial charge in [0.25, 0.3) is 0 Å². The normalized spacial score (nSPS) is 26.3. The molecule has 0 aromatic heterocycles. The number of hydrogen-bond donors (Lipinski definition) is 0. The van der Waals surface area contributed by atoms with E-state index in [9.17, 15) is 92.2 Å². The second kappa shape index (κ2) is 6.77. The van der Waals surface area contributed by atoms with Gasteiger partial charge in [-0.2, -0.15) is 87.8 Å². The molecule has 0 radical (unpaired) electrons. The SMILES string of the molecule is FC(F)(F)C(F)(F)C(F)(F)C(F)(F)C(F)(F)N1O[C@]1(F)C(F)(C(F)(F)F)C(F)(F)C(F)(F)F. The Morgan fingerprint density at radius 1 is 0.424 bits per heavy atom. The van der Waals surface area contributed by atoms with Gasteiger partial charge >= 0.3 is 59.9 Å². The summed E-state index contributed by atoms with van der Waals surface area (Å²) < 4.78 is 268. The van der Waals surface area contributed by atoms with Crippen molar-refractivity contribution >= 4 is 0 Å². The highest BCUT2D eigenvalue weighted by Crippen LogP contribution is 2.69. The Morgan fingerprint density at radius 3 is 1.03 bits per heavy atom. The number of hydrogen-bond acceptors (Lipinski definition) is 2. The molecule has 1 aliphatic rings. The van der Waals surface area contributed by atoms with Gasteiger partial charge in [0.05, 0.1) is 0 Å². The van der Waals surface area contributed by atoms with E-state index in [0.29, 0.717) is 0 Å². The summed E-state index contributed by atoms with van der Waals surface area (Å²) in [6.45, 7) is 0. The number of halogens is 21. The monoisotopic (exact) mass is 549 g/mol. The summed E-state index contributed by atoms with van der Waals surface area (Å²) in [6, 6.07) is -8.05. The van der Waals surface area contributed by atoms with Gasteiger partial charge in [0.15, 0.2) is 0 Å². The first-order valence-corrected chi connectivity index (χ1v) is 6.80. The molecule has 23 heteroatoms. The van der Waals surface area contributed by atoms with E-state index >= 15 is 0 Å². The lowest BCUT2D eigenvalue weighted by Gasteiger charge is -2.38. The molecule has 1 heterocycles. The molecule has 1 fully saturated rings. The van der Waals surface area contributed by atoms with E-state index in [1.54, 1.807) is 0 Å². The van der Waals surface area contributed by atoms with E-state index in [4.69, 9.17) is 0 Å². The molecule has 0 aromatic carbocycles. The van der Waals surface area contributed by atoms with Crippen molar-refractivity contribution in [2.75, 3.05) is 0 Å². The highest BCUT2D eigenvalue weighted by atomic mass is 19.4. The van der Waals surface area contributed by atoms with Crippen molar-refractivity contribution in [2.24, 2.45) is 0 Å². The van der Waals surface area contributed by atoms with E-state index in [1.807, 2.05) is 4.84 Å². The average Bonchev–Trinajstić information content (AvgIpc) is 3.24. The molecule has 1 aliphatic heterocycles. The molecule has 1 saturated heterocycles. The van der Waals surface area contributed by atoms with Gasteiger partial charge in [-0.3, -0.25) is 0 Å². The highest BCUT2D eigenvalue weighted by molar-refractivity contribution is 5.17. The number of hydroxylamine groups is 2. The van der Waals surface area contributed by atoms with Crippen LogP contribution in [0.2, 0.25) is 0 Å². The Morgan fingerprint density at radius 2 is 0.758 bits per heavy atom. The third-order valence-corrected chi connectivity index (χ3v) is 3.82. The van der Waals surface area contributed by atoms with Crippen LogP contribution in [0.3, 0.4) is 0 Å². The summed E-state index contributed by atoms with van der Waals surface area (Å²) in [5.41, 5.74) is -8.19.